The zero-order chi connectivity index (χ0) is 16.2. The summed E-state index contributed by atoms with van der Waals surface area (Å²) in [5.41, 5.74) is 2.56. The molecule has 1 aliphatic rings. The molecular weight excluding hydrogens is 290 g/mol. The van der Waals surface area contributed by atoms with Gasteiger partial charge in [-0.15, -0.1) is 0 Å². The SMILES string of the molecule is Cc1cc(C)n(-c2ccc(C(=O)NCCC3CCNC3)cn2)n1. The lowest BCUT2D eigenvalue weighted by Crippen LogP contribution is -2.26. The average Bonchev–Trinajstić information content (AvgIpc) is 3.17. The highest BCUT2D eigenvalue weighted by Gasteiger charge is 2.14. The number of rotatable bonds is 5. The maximum atomic E-state index is 12.1. The first kappa shape index (κ1) is 15.7. The minimum Gasteiger partial charge on any atom is -0.352 e. The van der Waals surface area contributed by atoms with Gasteiger partial charge in [0, 0.05) is 18.4 Å². The van der Waals surface area contributed by atoms with Crippen LogP contribution in [-0.2, 0) is 0 Å². The maximum Gasteiger partial charge on any atom is 0.252 e. The topological polar surface area (TPSA) is 71.8 Å². The normalized spacial score (nSPS) is 17.4. The van der Waals surface area contributed by atoms with Gasteiger partial charge in [-0.3, -0.25) is 4.79 Å². The van der Waals surface area contributed by atoms with E-state index >= 15 is 0 Å². The third-order valence-electron chi connectivity index (χ3n) is 4.24. The summed E-state index contributed by atoms with van der Waals surface area (Å²) in [6, 6.07) is 5.63. The highest BCUT2D eigenvalue weighted by Crippen LogP contribution is 2.12. The lowest BCUT2D eigenvalue weighted by molar-refractivity contribution is 0.0951. The molecule has 0 spiro atoms. The van der Waals surface area contributed by atoms with E-state index in [1.165, 1.54) is 6.42 Å². The van der Waals surface area contributed by atoms with Gasteiger partial charge < -0.3 is 10.6 Å². The fourth-order valence-corrected chi connectivity index (χ4v) is 2.96. The van der Waals surface area contributed by atoms with Crippen LogP contribution in [0.1, 0.15) is 34.6 Å². The van der Waals surface area contributed by atoms with E-state index in [1.54, 1.807) is 16.9 Å². The van der Waals surface area contributed by atoms with Crippen molar-refractivity contribution in [2.24, 2.45) is 5.92 Å². The first-order chi connectivity index (χ1) is 11.1. The number of pyridine rings is 1. The van der Waals surface area contributed by atoms with Crippen LogP contribution in [0, 0.1) is 19.8 Å². The van der Waals surface area contributed by atoms with E-state index in [4.69, 9.17) is 0 Å². The standard InChI is InChI=1S/C17H23N5O/c1-12-9-13(2)22(21-12)16-4-3-15(11-20-16)17(23)19-8-6-14-5-7-18-10-14/h3-4,9,11,14,18H,5-8,10H2,1-2H3,(H,19,23). The van der Waals surface area contributed by atoms with E-state index in [0.717, 1.165) is 36.7 Å². The van der Waals surface area contributed by atoms with Crippen LogP contribution in [0.2, 0.25) is 0 Å². The maximum absolute atomic E-state index is 12.1. The van der Waals surface area contributed by atoms with Gasteiger partial charge in [-0.2, -0.15) is 5.10 Å². The Balaban J connectivity index is 1.58. The number of amides is 1. The van der Waals surface area contributed by atoms with E-state index in [2.05, 4.69) is 20.7 Å². The van der Waals surface area contributed by atoms with Crippen molar-refractivity contribution in [3.8, 4) is 5.82 Å². The number of nitrogens with zero attached hydrogens (tertiary/aromatic N) is 3. The Hall–Kier alpha value is -2.21. The Morgan fingerprint density at radius 1 is 1.43 bits per heavy atom. The smallest absolute Gasteiger partial charge is 0.252 e. The number of aryl methyl sites for hydroxylation is 2. The molecule has 1 unspecified atom stereocenters. The van der Waals surface area contributed by atoms with Crippen molar-refractivity contribution in [2.45, 2.75) is 26.7 Å². The fraction of sp³-hybridized carbons (Fsp3) is 0.471. The van der Waals surface area contributed by atoms with Crippen LogP contribution in [-0.4, -0.2) is 40.3 Å². The molecule has 2 aromatic heterocycles. The first-order valence-electron chi connectivity index (χ1n) is 8.12. The second kappa shape index (κ2) is 6.91. The summed E-state index contributed by atoms with van der Waals surface area (Å²) in [7, 11) is 0. The molecule has 2 N–H and O–H groups in total. The van der Waals surface area contributed by atoms with Crippen LogP contribution < -0.4 is 10.6 Å². The van der Waals surface area contributed by atoms with Crippen molar-refractivity contribution in [1.82, 2.24) is 25.4 Å². The molecule has 2 aromatic rings. The summed E-state index contributed by atoms with van der Waals surface area (Å²) in [6.07, 6.45) is 3.84. The summed E-state index contributed by atoms with van der Waals surface area (Å²) in [6.45, 7) is 6.81. The summed E-state index contributed by atoms with van der Waals surface area (Å²) >= 11 is 0. The molecule has 3 rings (SSSR count). The molecular formula is C17H23N5O. The fourth-order valence-electron chi connectivity index (χ4n) is 2.96. The largest absolute Gasteiger partial charge is 0.352 e. The van der Waals surface area contributed by atoms with Crippen molar-refractivity contribution < 1.29 is 4.79 Å². The molecule has 6 nitrogen and oxygen atoms in total. The Morgan fingerprint density at radius 2 is 2.30 bits per heavy atom. The van der Waals surface area contributed by atoms with Gasteiger partial charge in [0.1, 0.15) is 0 Å². The van der Waals surface area contributed by atoms with Gasteiger partial charge in [0.15, 0.2) is 5.82 Å². The van der Waals surface area contributed by atoms with E-state index < -0.39 is 0 Å². The number of hydrogen-bond donors (Lipinski definition) is 2. The van der Waals surface area contributed by atoms with Crippen LogP contribution in [0.25, 0.3) is 5.82 Å². The van der Waals surface area contributed by atoms with Crippen LogP contribution >= 0.6 is 0 Å². The minimum atomic E-state index is -0.0663. The van der Waals surface area contributed by atoms with E-state index in [0.29, 0.717) is 18.0 Å². The molecule has 0 aromatic carbocycles. The Kier molecular flexibility index (Phi) is 4.71. The van der Waals surface area contributed by atoms with E-state index in [9.17, 15) is 4.79 Å². The van der Waals surface area contributed by atoms with Crippen LogP contribution in [0.15, 0.2) is 24.4 Å². The van der Waals surface area contributed by atoms with Gasteiger partial charge in [0.2, 0.25) is 0 Å². The van der Waals surface area contributed by atoms with Crippen molar-refractivity contribution in [1.29, 1.82) is 0 Å². The monoisotopic (exact) mass is 313 g/mol. The van der Waals surface area contributed by atoms with Gasteiger partial charge in [0.25, 0.3) is 5.91 Å². The van der Waals surface area contributed by atoms with Crippen LogP contribution in [0.5, 0.6) is 0 Å². The molecule has 122 valence electrons. The second-order valence-corrected chi connectivity index (χ2v) is 6.15. The van der Waals surface area contributed by atoms with Crippen molar-refractivity contribution in [3.63, 3.8) is 0 Å². The molecule has 0 saturated carbocycles. The van der Waals surface area contributed by atoms with Gasteiger partial charge in [-0.1, -0.05) is 0 Å². The lowest BCUT2D eigenvalue weighted by Gasteiger charge is -2.09. The van der Waals surface area contributed by atoms with Crippen molar-refractivity contribution >= 4 is 5.91 Å². The molecule has 0 radical (unpaired) electrons. The predicted molar refractivity (Wildman–Crippen MR) is 88.8 cm³/mol. The van der Waals surface area contributed by atoms with Gasteiger partial charge in [-0.25, -0.2) is 9.67 Å². The highest BCUT2D eigenvalue weighted by molar-refractivity contribution is 5.93. The second-order valence-electron chi connectivity index (χ2n) is 6.15. The number of hydrogen-bond acceptors (Lipinski definition) is 4. The quantitative estimate of drug-likeness (QED) is 0.880. The predicted octanol–water partition coefficient (Wildman–Crippen LogP) is 1.61. The molecule has 1 amide bonds. The summed E-state index contributed by atoms with van der Waals surface area (Å²) in [5, 5.41) is 10.7. The lowest BCUT2D eigenvalue weighted by atomic mass is 10.1. The van der Waals surface area contributed by atoms with E-state index in [1.807, 2.05) is 26.0 Å². The minimum absolute atomic E-state index is 0.0663. The Morgan fingerprint density at radius 3 is 2.91 bits per heavy atom. The molecule has 6 heteroatoms. The van der Waals surface area contributed by atoms with Gasteiger partial charge in [0.05, 0.1) is 11.3 Å². The van der Waals surface area contributed by atoms with Crippen LogP contribution in [0.3, 0.4) is 0 Å². The highest BCUT2D eigenvalue weighted by atomic mass is 16.1. The molecule has 1 fully saturated rings. The molecule has 1 saturated heterocycles. The first-order valence-corrected chi connectivity index (χ1v) is 8.12. The number of aromatic nitrogens is 3. The molecule has 0 aliphatic carbocycles. The number of nitrogens with one attached hydrogen (secondary N) is 2. The molecule has 3 heterocycles. The van der Waals surface area contributed by atoms with Gasteiger partial charge in [-0.05, 0) is 63.9 Å². The summed E-state index contributed by atoms with van der Waals surface area (Å²) in [5.74, 6) is 1.34. The van der Waals surface area contributed by atoms with Crippen molar-refractivity contribution in [3.05, 3.63) is 41.3 Å². The third kappa shape index (κ3) is 3.76. The van der Waals surface area contributed by atoms with Gasteiger partial charge >= 0.3 is 0 Å². The van der Waals surface area contributed by atoms with E-state index in [-0.39, 0.29) is 5.91 Å². The summed E-state index contributed by atoms with van der Waals surface area (Å²) in [4.78, 5) is 16.5. The third-order valence-corrected chi connectivity index (χ3v) is 4.24. The zero-order valence-electron chi connectivity index (χ0n) is 13.7. The molecule has 0 bridgehead atoms. The molecule has 1 aliphatic heterocycles. The Labute approximate surface area is 136 Å². The number of carbonyl (C=O) groups excluding carboxylic acids is 1. The zero-order valence-corrected chi connectivity index (χ0v) is 13.7. The number of carbonyl (C=O) groups is 1. The average molecular weight is 313 g/mol. The molecule has 23 heavy (non-hydrogen) atoms. The van der Waals surface area contributed by atoms with Crippen LogP contribution in [0.4, 0.5) is 0 Å². The van der Waals surface area contributed by atoms with Crippen molar-refractivity contribution in [2.75, 3.05) is 19.6 Å². The Bertz CT molecular complexity index is 671. The molecule has 1 atom stereocenters. The summed E-state index contributed by atoms with van der Waals surface area (Å²) < 4.78 is 1.78.